The van der Waals surface area contributed by atoms with E-state index in [1.54, 1.807) is 10.7 Å². The Morgan fingerprint density at radius 1 is 1.08 bits per heavy atom. The summed E-state index contributed by atoms with van der Waals surface area (Å²) in [6.07, 6.45) is 1.96. The molecule has 24 heavy (non-hydrogen) atoms. The molecule has 0 aliphatic carbocycles. The van der Waals surface area contributed by atoms with Gasteiger partial charge in [0.2, 0.25) is 5.43 Å². The number of benzene rings is 2. The quantitative estimate of drug-likeness (QED) is 0.691. The minimum Gasteiger partial charge on any atom is -0.287 e. The van der Waals surface area contributed by atoms with Crippen LogP contribution in [0.25, 0.3) is 17.3 Å². The van der Waals surface area contributed by atoms with E-state index in [0.717, 1.165) is 22.5 Å². The highest BCUT2D eigenvalue weighted by Crippen LogP contribution is 2.17. The van der Waals surface area contributed by atoms with E-state index in [4.69, 9.17) is 11.6 Å². The largest absolute Gasteiger partial charge is 0.287 e. The molecule has 3 aromatic rings. The third-order valence-corrected chi connectivity index (χ3v) is 3.99. The average Bonchev–Trinajstić information content (AvgIpc) is 2.57. The van der Waals surface area contributed by atoms with Crippen molar-refractivity contribution in [3.8, 4) is 5.69 Å². The highest BCUT2D eigenvalue weighted by molar-refractivity contribution is 6.30. The first-order valence-electron chi connectivity index (χ1n) is 7.65. The highest BCUT2D eigenvalue weighted by atomic mass is 35.5. The summed E-state index contributed by atoms with van der Waals surface area (Å²) < 4.78 is 1.76. The molecule has 0 unspecified atom stereocenters. The molecular weight excluding hydrogens is 320 g/mol. The molecule has 4 heteroatoms. The lowest BCUT2D eigenvalue weighted by molar-refractivity contribution is 0.790. The second-order valence-electron chi connectivity index (χ2n) is 5.62. The molecule has 1 heterocycles. The number of allylic oxidation sites excluding steroid dienone is 1. The van der Waals surface area contributed by atoms with Crippen LogP contribution >= 0.6 is 11.6 Å². The molecule has 0 radical (unpaired) electrons. The zero-order valence-corrected chi connectivity index (χ0v) is 14.3. The molecule has 1 aromatic heterocycles. The molecule has 3 nitrogen and oxygen atoms in total. The fourth-order valence-electron chi connectivity index (χ4n) is 2.53. The second-order valence-corrected chi connectivity index (χ2v) is 6.06. The Bertz CT molecular complexity index is 942. The van der Waals surface area contributed by atoms with Crippen LogP contribution in [0.1, 0.15) is 23.9 Å². The van der Waals surface area contributed by atoms with Gasteiger partial charge in [-0.1, -0.05) is 41.9 Å². The first-order chi connectivity index (χ1) is 11.5. The van der Waals surface area contributed by atoms with Crippen molar-refractivity contribution in [2.45, 2.75) is 13.8 Å². The SMILES string of the molecule is C/C(=C\c1ccccc1)c1nn(-c2ccc(Cl)cc2)c(C)cc1=O. The van der Waals surface area contributed by atoms with Crippen LogP contribution in [0.2, 0.25) is 5.02 Å². The number of hydrogen-bond donors (Lipinski definition) is 0. The summed E-state index contributed by atoms with van der Waals surface area (Å²) in [5, 5.41) is 5.23. The van der Waals surface area contributed by atoms with Gasteiger partial charge < -0.3 is 0 Å². The summed E-state index contributed by atoms with van der Waals surface area (Å²) in [4.78, 5) is 12.4. The number of rotatable bonds is 3. The smallest absolute Gasteiger partial charge is 0.208 e. The molecule has 0 spiro atoms. The second kappa shape index (κ2) is 6.85. The number of aryl methyl sites for hydroxylation is 1. The highest BCUT2D eigenvalue weighted by Gasteiger charge is 2.09. The van der Waals surface area contributed by atoms with Crippen molar-refractivity contribution < 1.29 is 0 Å². The van der Waals surface area contributed by atoms with Gasteiger partial charge in [-0.15, -0.1) is 0 Å². The standard InChI is InChI=1S/C20H17ClN2O/c1-14(12-16-6-4-3-5-7-16)20-19(24)13-15(2)23(22-20)18-10-8-17(21)9-11-18/h3-13H,1-2H3/b14-12+. The fraction of sp³-hybridized carbons (Fsp3) is 0.100. The first kappa shape index (κ1) is 16.2. The van der Waals surface area contributed by atoms with Crippen molar-refractivity contribution in [2.75, 3.05) is 0 Å². The minimum atomic E-state index is -0.0811. The molecular formula is C20H17ClN2O. The average molecular weight is 337 g/mol. The maximum absolute atomic E-state index is 12.4. The summed E-state index contributed by atoms with van der Waals surface area (Å²) in [6.45, 7) is 3.77. The third-order valence-electron chi connectivity index (χ3n) is 3.73. The van der Waals surface area contributed by atoms with Gasteiger partial charge in [0.1, 0.15) is 5.69 Å². The van der Waals surface area contributed by atoms with Gasteiger partial charge in [0.15, 0.2) is 0 Å². The Hall–Kier alpha value is -2.65. The Kier molecular flexibility index (Phi) is 4.63. The molecule has 0 atom stereocenters. The zero-order chi connectivity index (χ0) is 17.1. The van der Waals surface area contributed by atoms with E-state index in [9.17, 15) is 4.79 Å². The summed E-state index contributed by atoms with van der Waals surface area (Å²) in [5.74, 6) is 0. The topological polar surface area (TPSA) is 34.9 Å². The van der Waals surface area contributed by atoms with E-state index < -0.39 is 0 Å². The number of halogens is 1. The van der Waals surface area contributed by atoms with E-state index in [-0.39, 0.29) is 5.43 Å². The molecule has 0 N–H and O–H groups in total. The number of aromatic nitrogens is 2. The normalized spacial score (nSPS) is 11.5. The van der Waals surface area contributed by atoms with Crippen LogP contribution in [0.3, 0.4) is 0 Å². The van der Waals surface area contributed by atoms with Gasteiger partial charge >= 0.3 is 0 Å². The van der Waals surface area contributed by atoms with Crippen molar-refractivity contribution in [3.05, 3.63) is 92.9 Å². The van der Waals surface area contributed by atoms with E-state index in [2.05, 4.69) is 5.10 Å². The van der Waals surface area contributed by atoms with E-state index in [0.29, 0.717) is 10.7 Å². The Morgan fingerprint density at radius 2 is 1.75 bits per heavy atom. The zero-order valence-electron chi connectivity index (χ0n) is 13.5. The van der Waals surface area contributed by atoms with Crippen LogP contribution in [-0.4, -0.2) is 9.78 Å². The fourth-order valence-corrected chi connectivity index (χ4v) is 2.66. The molecule has 2 aromatic carbocycles. The maximum atomic E-state index is 12.4. The van der Waals surface area contributed by atoms with Crippen LogP contribution in [0.15, 0.2) is 65.5 Å². The monoisotopic (exact) mass is 336 g/mol. The lowest BCUT2D eigenvalue weighted by Crippen LogP contribution is -2.17. The predicted octanol–water partition coefficient (Wildman–Crippen LogP) is 4.75. The number of nitrogens with zero attached hydrogens (tertiary/aromatic N) is 2. The Labute approximate surface area is 145 Å². The van der Waals surface area contributed by atoms with E-state index in [1.165, 1.54) is 0 Å². The first-order valence-corrected chi connectivity index (χ1v) is 8.03. The molecule has 0 amide bonds. The molecule has 0 saturated carbocycles. The molecule has 0 bridgehead atoms. The Balaban J connectivity index is 2.09. The molecule has 0 saturated heterocycles. The third kappa shape index (κ3) is 3.47. The van der Waals surface area contributed by atoms with Crippen molar-refractivity contribution in [2.24, 2.45) is 0 Å². The molecule has 3 rings (SSSR count). The summed E-state index contributed by atoms with van der Waals surface area (Å²) >= 11 is 5.95. The molecule has 120 valence electrons. The summed E-state index contributed by atoms with van der Waals surface area (Å²) in [7, 11) is 0. The van der Waals surface area contributed by atoms with E-state index >= 15 is 0 Å². The molecule has 0 aliphatic heterocycles. The van der Waals surface area contributed by atoms with Crippen LogP contribution in [-0.2, 0) is 0 Å². The Morgan fingerprint density at radius 3 is 2.42 bits per heavy atom. The van der Waals surface area contributed by atoms with Gasteiger partial charge in [0, 0.05) is 16.8 Å². The van der Waals surface area contributed by atoms with Gasteiger partial charge in [0.05, 0.1) is 5.69 Å². The van der Waals surface area contributed by atoms with Crippen LogP contribution in [0.5, 0.6) is 0 Å². The van der Waals surface area contributed by atoms with Crippen LogP contribution < -0.4 is 5.43 Å². The lowest BCUT2D eigenvalue weighted by atomic mass is 10.1. The minimum absolute atomic E-state index is 0.0811. The number of hydrogen-bond acceptors (Lipinski definition) is 2. The maximum Gasteiger partial charge on any atom is 0.208 e. The van der Waals surface area contributed by atoms with Crippen LogP contribution in [0.4, 0.5) is 0 Å². The lowest BCUT2D eigenvalue weighted by Gasteiger charge is -2.11. The summed E-state index contributed by atoms with van der Waals surface area (Å²) in [5.41, 5.74) is 3.87. The van der Waals surface area contributed by atoms with Gasteiger partial charge in [-0.3, -0.25) is 4.79 Å². The van der Waals surface area contributed by atoms with Crippen molar-refractivity contribution in [1.29, 1.82) is 0 Å². The predicted molar refractivity (Wildman–Crippen MR) is 99.6 cm³/mol. The van der Waals surface area contributed by atoms with Crippen molar-refractivity contribution in [1.82, 2.24) is 9.78 Å². The van der Waals surface area contributed by atoms with Crippen molar-refractivity contribution >= 4 is 23.3 Å². The van der Waals surface area contributed by atoms with Gasteiger partial charge in [-0.25, -0.2) is 4.68 Å². The molecule has 0 fully saturated rings. The van der Waals surface area contributed by atoms with Gasteiger partial charge in [0.25, 0.3) is 0 Å². The molecule has 0 aliphatic rings. The van der Waals surface area contributed by atoms with Crippen molar-refractivity contribution in [3.63, 3.8) is 0 Å². The van der Waals surface area contributed by atoms with E-state index in [1.807, 2.05) is 74.5 Å². The van der Waals surface area contributed by atoms with Gasteiger partial charge in [-0.05, 0) is 55.3 Å². The van der Waals surface area contributed by atoms with Crippen LogP contribution in [0, 0.1) is 6.92 Å². The summed E-state index contributed by atoms with van der Waals surface area (Å²) in [6, 6.07) is 18.9. The van der Waals surface area contributed by atoms with Gasteiger partial charge in [-0.2, -0.15) is 5.10 Å².